The van der Waals surface area contributed by atoms with Crippen LogP contribution in [-0.4, -0.2) is 35.4 Å². The van der Waals surface area contributed by atoms with Crippen LogP contribution in [0.25, 0.3) is 0 Å². The monoisotopic (exact) mass is 282 g/mol. The molecule has 0 aliphatic carbocycles. The summed E-state index contributed by atoms with van der Waals surface area (Å²) < 4.78 is 10.8. The Balaban J connectivity index is 3.49. The smallest absolute Gasteiger partial charge is 0.320 e. The number of aliphatic hydroxyl groups is 1. The molecule has 0 fully saturated rings. The third kappa shape index (κ3) is 3.82. The van der Waals surface area contributed by atoms with Gasteiger partial charge in [0.05, 0.1) is 19.4 Å². The predicted molar refractivity (Wildman–Crippen MR) is 78.6 cm³/mol. The number of methoxy groups -OCH3 is 1. The summed E-state index contributed by atoms with van der Waals surface area (Å²) in [4.78, 5) is 8.83. The summed E-state index contributed by atoms with van der Waals surface area (Å²) in [5, 5.41) is 8.86. The summed E-state index contributed by atoms with van der Waals surface area (Å²) in [5.74, 6) is 0.533. The van der Waals surface area contributed by atoms with Crippen molar-refractivity contribution in [2.24, 2.45) is 0 Å². The van der Waals surface area contributed by atoms with Gasteiger partial charge in [-0.15, -0.1) is 0 Å². The largest absolute Gasteiger partial charge is 0.481 e. The molecule has 0 spiro atoms. The summed E-state index contributed by atoms with van der Waals surface area (Å²) in [6.07, 6.45) is 0. The average Bonchev–Trinajstić information content (AvgIpc) is 2.32. The maximum Gasteiger partial charge on any atom is 0.320 e. The fraction of sp³-hybridized carbons (Fsp3) is 0.733. The van der Waals surface area contributed by atoms with E-state index in [1.54, 1.807) is 7.11 Å². The van der Waals surface area contributed by atoms with Gasteiger partial charge in [0.2, 0.25) is 5.88 Å². The molecule has 0 atom stereocenters. The highest BCUT2D eigenvalue weighted by Gasteiger charge is 2.32. The average molecular weight is 282 g/mol. The van der Waals surface area contributed by atoms with Gasteiger partial charge in [-0.25, -0.2) is 0 Å². The number of nitrogens with zero attached hydrogens (tertiary/aromatic N) is 2. The number of aromatic nitrogens is 2. The molecule has 20 heavy (non-hydrogen) atoms. The molecular formula is C15H26N2O3. The third-order valence-corrected chi connectivity index (χ3v) is 2.83. The standard InChI is InChI=1S/C15H26N2O3/c1-14(2,3)10-11(15(4,5)6)16-13(20-9-8-18)17-12(10)19-7/h18H,8-9H2,1-7H3. The Labute approximate surface area is 121 Å². The maximum absolute atomic E-state index is 8.86. The molecule has 5 heteroatoms. The fourth-order valence-corrected chi connectivity index (χ4v) is 1.99. The first kappa shape index (κ1) is 16.7. The van der Waals surface area contributed by atoms with Crippen molar-refractivity contribution < 1.29 is 14.6 Å². The van der Waals surface area contributed by atoms with E-state index in [0.717, 1.165) is 11.3 Å². The Kier molecular flexibility index (Phi) is 4.97. The van der Waals surface area contributed by atoms with Gasteiger partial charge in [0.1, 0.15) is 6.61 Å². The van der Waals surface area contributed by atoms with E-state index in [9.17, 15) is 0 Å². The number of ether oxygens (including phenoxy) is 2. The molecule has 0 aliphatic rings. The molecule has 1 heterocycles. The Bertz CT molecular complexity index is 459. The van der Waals surface area contributed by atoms with Crippen LogP contribution in [0.15, 0.2) is 0 Å². The van der Waals surface area contributed by atoms with Gasteiger partial charge in [-0.2, -0.15) is 9.97 Å². The molecule has 1 rings (SSSR count). The quantitative estimate of drug-likeness (QED) is 0.919. The van der Waals surface area contributed by atoms with Crippen molar-refractivity contribution in [1.29, 1.82) is 0 Å². The lowest BCUT2D eigenvalue weighted by Gasteiger charge is -2.30. The second-order valence-electron chi connectivity index (χ2n) is 6.81. The zero-order valence-electron chi connectivity index (χ0n) is 13.6. The van der Waals surface area contributed by atoms with Crippen LogP contribution in [0.2, 0.25) is 0 Å². The molecule has 0 radical (unpaired) electrons. The van der Waals surface area contributed by atoms with Gasteiger partial charge in [0, 0.05) is 11.0 Å². The SMILES string of the molecule is COc1nc(OCCO)nc(C(C)(C)C)c1C(C)(C)C. The lowest BCUT2D eigenvalue weighted by molar-refractivity contribution is 0.188. The minimum absolute atomic E-state index is 0.0719. The van der Waals surface area contributed by atoms with Crippen molar-refractivity contribution in [3.05, 3.63) is 11.3 Å². The van der Waals surface area contributed by atoms with E-state index < -0.39 is 0 Å². The summed E-state index contributed by atoms with van der Waals surface area (Å²) in [5.41, 5.74) is 1.60. The molecule has 1 aromatic rings. The Hall–Kier alpha value is -1.36. The molecule has 1 aromatic heterocycles. The van der Waals surface area contributed by atoms with Crippen LogP contribution >= 0.6 is 0 Å². The molecule has 0 saturated heterocycles. The van der Waals surface area contributed by atoms with Crippen molar-refractivity contribution in [3.63, 3.8) is 0 Å². The zero-order chi connectivity index (χ0) is 15.6. The highest BCUT2D eigenvalue weighted by atomic mass is 16.5. The van der Waals surface area contributed by atoms with E-state index in [-0.39, 0.29) is 30.1 Å². The fourth-order valence-electron chi connectivity index (χ4n) is 1.99. The van der Waals surface area contributed by atoms with Crippen LogP contribution in [0, 0.1) is 0 Å². The minimum atomic E-state index is -0.157. The van der Waals surface area contributed by atoms with Crippen molar-refractivity contribution >= 4 is 0 Å². The number of rotatable bonds is 4. The van der Waals surface area contributed by atoms with Crippen molar-refractivity contribution in [1.82, 2.24) is 9.97 Å². The molecule has 114 valence electrons. The van der Waals surface area contributed by atoms with Crippen LogP contribution in [0.1, 0.15) is 52.8 Å². The van der Waals surface area contributed by atoms with Crippen LogP contribution in [0.4, 0.5) is 0 Å². The maximum atomic E-state index is 8.86. The molecule has 1 N–H and O–H groups in total. The van der Waals surface area contributed by atoms with E-state index in [0.29, 0.717) is 5.88 Å². The third-order valence-electron chi connectivity index (χ3n) is 2.83. The molecule has 0 unspecified atom stereocenters. The van der Waals surface area contributed by atoms with E-state index in [1.807, 2.05) is 0 Å². The molecule has 0 amide bonds. The van der Waals surface area contributed by atoms with Crippen LogP contribution in [0.3, 0.4) is 0 Å². The molecule has 5 nitrogen and oxygen atoms in total. The second-order valence-corrected chi connectivity index (χ2v) is 6.81. The second kappa shape index (κ2) is 5.95. The van der Waals surface area contributed by atoms with Crippen molar-refractivity contribution in [2.75, 3.05) is 20.3 Å². The van der Waals surface area contributed by atoms with Gasteiger partial charge in [0.25, 0.3) is 0 Å². The molecule has 0 aliphatic heterocycles. The van der Waals surface area contributed by atoms with Gasteiger partial charge < -0.3 is 14.6 Å². The Morgan fingerprint density at radius 3 is 2.00 bits per heavy atom. The Morgan fingerprint density at radius 1 is 1.00 bits per heavy atom. The van der Waals surface area contributed by atoms with Crippen molar-refractivity contribution in [3.8, 4) is 11.9 Å². The number of hydrogen-bond acceptors (Lipinski definition) is 5. The van der Waals surface area contributed by atoms with Crippen LogP contribution in [-0.2, 0) is 10.8 Å². The van der Waals surface area contributed by atoms with E-state index in [2.05, 4.69) is 51.5 Å². The molecule has 0 saturated carbocycles. The van der Waals surface area contributed by atoms with Gasteiger partial charge in [0.15, 0.2) is 0 Å². The lowest BCUT2D eigenvalue weighted by Crippen LogP contribution is -2.26. The molecular weight excluding hydrogens is 256 g/mol. The Morgan fingerprint density at radius 2 is 1.60 bits per heavy atom. The van der Waals surface area contributed by atoms with E-state index in [4.69, 9.17) is 14.6 Å². The summed E-state index contributed by atoms with van der Waals surface area (Å²) >= 11 is 0. The topological polar surface area (TPSA) is 64.5 Å². The highest BCUT2D eigenvalue weighted by Crippen LogP contribution is 2.38. The van der Waals surface area contributed by atoms with Gasteiger partial charge in [-0.3, -0.25) is 0 Å². The minimum Gasteiger partial charge on any atom is -0.481 e. The highest BCUT2D eigenvalue weighted by molar-refractivity contribution is 5.41. The number of hydrogen-bond donors (Lipinski definition) is 1. The summed E-state index contributed by atoms with van der Waals surface area (Å²) in [6, 6.07) is 0.244. The first-order valence-corrected chi connectivity index (χ1v) is 6.82. The zero-order valence-corrected chi connectivity index (χ0v) is 13.6. The molecule has 0 aromatic carbocycles. The normalized spacial score (nSPS) is 12.4. The van der Waals surface area contributed by atoms with Crippen molar-refractivity contribution in [2.45, 2.75) is 52.4 Å². The first-order chi connectivity index (χ1) is 9.11. The summed E-state index contributed by atoms with van der Waals surface area (Å²) in [6.45, 7) is 12.7. The van der Waals surface area contributed by atoms with Crippen LogP contribution in [0.5, 0.6) is 11.9 Å². The number of aliphatic hydroxyl groups excluding tert-OH is 1. The van der Waals surface area contributed by atoms with Gasteiger partial charge >= 0.3 is 6.01 Å². The summed E-state index contributed by atoms with van der Waals surface area (Å²) in [7, 11) is 1.60. The molecule has 0 bridgehead atoms. The van der Waals surface area contributed by atoms with Gasteiger partial charge in [-0.1, -0.05) is 41.5 Å². The lowest BCUT2D eigenvalue weighted by atomic mass is 9.79. The van der Waals surface area contributed by atoms with E-state index in [1.165, 1.54) is 0 Å². The van der Waals surface area contributed by atoms with Gasteiger partial charge in [-0.05, 0) is 5.41 Å². The predicted octanol–water partition coefficient (Wildman–Crippen LogP) is 2.45. The first-order valence-electron chi connectivity index (χ1n) is 6.82. The van der Waals surface area contributed by atoms with Crippen LogP contribution < -0.4 is 9.47 Å². The van der Waals surface area contributed by atoms with E-state index >= 15 is 0 Å².